The Morgan fingerprint density at radius 3 is 2.43 bits per heavy atom. The first-order valence-electron chi connectivity index (χ1n) is 7.63. The van der Waals surface area contributed by atoms with Crippen molar-refractivity contribution in [1.29, 1.82) is 0 Å². The molecule has 0 atom stereocenters. The summed E-state index contributed by atoms with van der Waals surface area (Å²) < 4.78 is 4.72. The van der Waals surface area contributed by atoms with Crippen LogP contribution in [0.2, 0.25) is 0 Å². The van der Waals surface area contributed by atoms with Gasteiger partial charge in [-0.15, -0.1) is 0 Å². The van der Waals surface area contributed by atoms with E-state index >= 15 is 0 Å². The van der Waals surface area contributed by atoms with Crippen molar-refractivity contribution < 1.29 is 14.3 Å². The lowest BCUT2D eigenvalue weighted by atomic mass is 10.1. The number of carbonyl (C=O) groups excluding carboxylic acids is 2. The number of hydrogen-bond donors (Lipinski definition) is 1. The molecule has 23 heavy (non-hydrogen) atoms. The predicted octanol–water partition coefficient (Wildman–Crippen LogP) is 3.74. The van der Waals surface area contributed by atoms with Crippen molar-refractivity contribution in [3.8, 4) is 0 Å². The molecular weight excluding hydrogens is 290 g/mol. The number of esters is 1. The number of rotatable bonds is 6. The van der Waals surface area contributed by atoms with Gasteiger partial charge in [-0.1, -0.05) is 42.0 Å². The van der Waals surface area contributed by atoms with Gasteiger partial charge in [0.2, 0.25) is 5.91 Å². The summed E-state index contributed by atoms with van der Waals surface area (Å²) in [6.07, 6.45) is 2.02. The van der Waals surface area contributed by atoms with E-state index in [4.69, 9.17) is 4.74 Å². The molecule has 4 nitrogen and oxygen atoms in total. The Hall–Kier alpha value is -2.62. The third-order valence-electron chi connectivity index (χ3n) is 3.60. The molecule has 1 N–H and O–H groups in total. The highest BCUT2D eigenvalue weighted by Gasteiger charge is 2.12. The summed E-state index contributed by atoms with van der Waals surface area (Å²) in [5.74, 6) is -0.561. The highest BCUT2D eigenvalue weighted by Crippen LogP contribution is 2.16. The predicted molar refractivity (Wildman–Crippen MR) is 90.5 cm³/mol. The van der Waals surface area contributed by atoms with Crippen LogP contribution < -0.4 is 5.32 Å². The van der Waals surface area contributed by atoms with Gasteiger partial charge in [-0.05, 0) is 37.5 Å². The molecule has 4 heteroatoms. The first-order valence-corrected chi connectivity index (χ1v) is 7.63. The van der Waals surface area contributed by atoms with Crippen LogP contribution in [0.15, 0.2) is 48.5 Å². The molecule has 0 aliphatic heterocycles. The minimum Gasteiger partial charge on any atom is -0.465 e. The smallest absolute Gasteiger partial charge is 0.339 e. The summed E-state index contributed by atoms with van der Waals surface area (Å²) in [6.45, 7) is 2.05. The van der Waals surface area contributed by atoms with Crippen molar-refractivity contribution >= 4 is 17.6 Å². The number of nitrogens with one attached hydrogen (secondary N) is 1. The third kappa shape index (κ3) is 4.95. The second-order valence-corrected chi connectivity index (χ2v) is 5.42. The Kier molecular flexibility index (Phi) is 5.92. The number of ether oxygens (including phenoxy) is 1. The largest absolute Gasteiger partial charge is 0.465 e. The molecule has 120 valence electrons. The molecule has 0 bridgehead atoms. The van der Waals surface area contributed by atoms with Gasteiger partial charge in [-0.2, -0.15) is 0 Å². The molecule has 0 fully saturated rings. The summed E-state index contributed by atoms with van der Waals surface area (Å²) in [6, 6.07) is 15.1. The minimum absolute atomic E-state index is 0.103. The van der Waals surface area contributed by atoms with Crippen LogP contribution in [0.3, 0.4) is 0 Å². The standard InChI is InChI=1S/C19H21NO3/c1-14-10-12-15(13-11-14)6-5-9-18(21)20-17-8-4-3-7-16(17)19(22)23-2/h3-4,7-8,10-13H,5-6,9H2,1-2H3,(H,20,21). The van der Waals surface area contributed by atoms with Gasteiger partial charge >= 0.3 is 5.97 Å². The van der Waals surface area contributed by atoms with E-state index in [1.165, 1.54) is 18.2 Å². The second kappa shape index (κ2) is 8.13. The van der Waals surface area contributed by atoms with Crippen molar-refractivity contribution in [2.45, 2.75) is 26.2 Å². The highest BCUT2D eigenvalue weighted by atomic mass is 16.5. The molecule has 0 aliphatic rings. The number of methoxy groups -OCH3 is 1. The first kappa shape index (κ1) is 16.7. The number of amides is 1. The van der Waals surface area contributed by atoms with Crippen molar-refractivity contribution in [2.24, 2.45) is 0 Å². The number of anilines is 1. The summed E-state index contributed by atoms with van der Waals surface area (Å²) in [5, 5.41) is 2.78. The van der Waals surface area contributed by atoms with Gasteiger partial charge in [-0.3, -0.25) is 4.79 Å². The Bertz CT molecular complexity index is 677. The van der Waals surface area contributed by atoms with E-state index in [9.17, 15) is 9.59 Å². The van der Waals surface area contributed by atoms with Crippen LogP contribution in [0.25, 0.3) is 0 Å². The number of hydrogen-bond acceptors (Lipinski definition) is 3. The van der Waals surface area contributed by atoms with E-state index in [-0.39, 0.29) is 5.91 Å². The van der Waals surface area contributed by atoms with E-state index in [1.54, 1.807) is 24.3 Å². The number of benzene rings is 2. The van der Waals surface area contributed by atoms with E-state index in [0.717, 1.165) is 12.8 Å². The van der Waals surface area contributed by atoms with Crippen LogP contribution in [0.1, 0.15) is 34.3 Å². The summed E-state index contributed by atoms with van der Waals surface area (Å²) >= 11 is 0. The first-order chi connectivity index (χ1) is 11.1. The average molecular weight is 311 g/mol. The van der Waals surface area contributed by atoms with Crippen LogP contribution >= 0.6 is 0 Å². The summed E-state index contributed by atoms with van der Waals surface area (Å²) in [7, 11) is 1.32. The normalized spacial score (nSPS) is 10.2. The molecule has 0 heterocycles. The maximum atomic E-state index is 12.1. The van der Waals surface area contributed by atoms with Crippen LogP contribution in [0.5, 0.6) is 0 Å². The van der Waals surface area contributed by atoms with Gasteiger partial charge in [0.25, 0.3) is 0 Å². The molecule has 0 radical (unpaired) electrons. The lowest BCUT2D eigenvalue weighted by Gasteiger charge is -2.09. The lowest BCUT2D eigenvalue weighted by Crippen LogP contribution is -2.15. The maximum absolute atomic E-state index is 12.1. The van der Waals surface area contributed by atoms with Gasteiger partial charge < -0.3 is 10.1 Å². The molecule has 2 aromatic carbocycles. The molecule has 0 spiro atoms. The maximum Gasteiger partial charge on any atom is 0.339 e. The van der Waals surface area contributed by atoms with Gasteiger partial charge in [0.1, 0.15) is 0 Å². The zero-order valence-corrected chi connectivity index (χ0v) is 13.5. The van der Waals surface area contributed by atoms with E-state index in [0.29, 0.717) is 17.7 Å². The van der Waals surface area contributed by atoms with Crippen LogP contribution in [-0.2, 0) is 16.0 Å². The molecular formula is C19H21NO3. The van der Waals surface area contributed by atoms with E-state index < -0.39 is 5.97 Å². The Morgan fingerprint density at radius 1 is 1.04 bits per heavy atom. The topological polar surface area (TPSA) is 55.4 Å². The number of para-hydroxylation sites is 1. The van der Waals surface area contributed by atoms with Crippen molar-refractivity contribution in [3.05, 3.63) is 65.2 Å². The average Bonchev–Trinajstić information content (AvgIpc) is 2.56. The van der Waals surface area contributed by atoms with Crippen molar-refractivity contribution in [1.82, 2.24) is 0 Å². The molecule has 0 aromatic heterocycles. The van der Waals surface area contributed by atoms with Gasteiger partial charge in [0.05, 0.1) is 18.4 Å². The molecule has 0 saturated carbocycles. The molecule has 1 amide bonds. The quantitative estimate of drug-likeness (QED) is 0.827. The van der Waals surface area contributed by atoms with Gasteiger partial charge in [0.15, 0.2) is 0 Å². The summed E-state index contributed by atoms with van der Waals surface area (Å²) in [5.41, 5.74) is 3.30. The van der Waals surface area contributed by atoms with Crippen LogP contribution in [-0.4, -0.2) is 19.0 Å². The summed E-state index contributed by atoms with van der Waals surface area (Å²) in [4.78, 5) is 23.7. The fourth-order valence-corrected chi connectivity index (χ4v) is 2.30. The fourth-order valence-electron chi connectivity index (χ4n) is 2.30. The SMILES string of the molecule is COC(=O)c1ccccc1NC(=O)CCCc1ccc(C)cc1. The van der Waals surface area contributed by atoms with Crippen molar-refractivity contribution in [3.63, 3.8) is 0 Å². The van der Waals surface area contributed by atoms with Crippen LogP contribution in [0.4, 0.5) is 5.69 Å². The lowest BCUT2D eigenvalue weighted by molar-refractivity contribution is -0.116. The van der Waals surface area contributed by atoms with Crippen LogP contribution in [0, 0.1) is 6.92 Å². The second-order valence-electron chi connectivity index (χ2n) is 5.42. The van der Waals surface area contributed by atoms with Crippen molar-refractivity contribution in [2.75, 3.05) is 12.4 Å². The fraction of sp³-hybridized carbons (Fsp3) is 0.263. The zero-order chi connectivity index (χ0) is 16.7. The van der Waals surface area contributed by atoms with E-state index in [2.05, 4.69) is 36.5 Å². The van der Waals surface area contributed by atoms with E-state index in [1.807, 2.05) is 0 Å². The number of aryl methyl sites for hydroxylation is 2. The third-order valence-corrected chi connectivity index (χ3v) is 3.60. The minimum atomic E-state index is -0.458. The molecule has 2 rings (SSSR count). The molecule has 0 saturated heterocycles. The number of carbonyl (C=O) groups is 2. The Balaban J connectivity index is 1.88. The zero-order valence-electron chi connectivity index (χ0n) is 13.5. The molecule has 2 aromatic rings. The Labute approximate surface area is 136 Å². The molecule has 0 aliphatic carbocycles. The van der Waals surface area contributed by atoms with Gasteiger partial charge in [0, 0.05) is 6.42 Å². The Morgan fingerprint density at radius 2 is 1.74 bits per heavy atom. The highest BCUT2D eigenvalue weighted by molar-refractivity contribution is 6.01. The van der Waals surface area contributed by atoms with Gasteiger partial charge in [-0.25, -0.2) is 4.79 Å². The molecule has 0 unspecified atom stereocenters. The monoisotopic (exact) mass is 311 g/mol.